The van der Waals surface area contributed by atoms with Crippen molar-refractivity contribution >= 4 is 40.4 Å². The van der Waals surface area contributed by atoms with Gasteiger partial charge in [0.15, 0.2) is 22.7 Å². The van der Waals surface area contributed by atoms with Gasteiger partial charge in [-0.05, 0) is 24.3 Å². The number of imidazole rings is 1. The Morgan fingerprint density at radius 1 is 1.44 bits per heavy atom. The molecular weight excluding hydrogens is 436 g/mol. The van der Waals surface area contributed by atoms with Crippen LogP contribution in [0.2, 0.25) is 0 Å². The molecule has 12 heteroatoms. The number of thioether (sulfide) groups is 1. The Labute approximate surface area is 187 Å². The van der Waals surface area contributed by atoms with Crippen LogP contribution in [0.5, 0.6) is 0 Å². The van der Waals surface area contributed by atoms with Gasteiger partial charge in [0.1, 0.15) is 18.5 Å². The van der Waals surface area contributed by atoms with Crippen LogP contribution in [0.4, 0.5) is 11.5 Å². The lowest BCUT2D eigenvalue weighted by molar-refractivity contribution is -0.138. The van der Waals surface area contributed by atoms with Crippen LogP contribution in [0.3, 0.4) is 0 Å². The minimum Gasteiger partial charge on any atom is -0.480 e. The standard InChI is InChI=1S/C20H22N6O5S/c21-13(19(28)29)6-7-32-8-14-16(27)20(30,9-31-14)26-11-24-15-17(22-10-23-18(15)26)25-12-4-2-1-3-5-12/h2,4-5,10-11,13-14,16,27,30H,6-9,21H2,(H,28,29)(H,22,23,25). The first kappa shape index (κ1) is 22.3. The Morgan fingerprint density at radius 3 is 3.03 bits per heavy atom. The van der Waals surface area contributed by atoms with Crippen LogP contribution in [0.1, 0.15) is 6.42 Å². The maximum Gasteiger partial charge on any atom is 0.320 e. The van der Waals surface area contributed by atoms with Gasteiger partial charge < -0.3 is 31.1 Å². The molecule has 0 aliphatic carbocycles. The van der Waals surface area contributed by atoms with Crippen LogP contribution in [-0.4, -0.2) is 77.2 Å². The van der Waals surface area contributed by atoms with Gasteiger partial charge in [0.25, 0.3) is 0 Å². The molecule has 32 heavy (non-hydrogen) atoms. The number of aliphatic hydroxyl groups excluding tert-OH is 1. The number of hydrogen-bond donors (Lipinski definition) is 5. The number of aromatic nitrogens is 4. The number of hydrogen-bond acceptors (Lipinski definition) is 10. The van der Waals surface area contributed by atoms with Gasteiger partial charge in [-0.25, -0.2) is 15.0 Å². The lowest BCUT2D eigenvalue weighted by Gasteiger charge is -2.27. The van der Waals surface area contributed by atoms with Crippen molar-refractivity contribution < 1.29 is 24.9 Å². The molecule has 0 bridgehead atoms. The predicted octanol–water partition coefficient (Wildman–Crippen LogP) is 0.110. The zero-order valence-corrected chi connectivity index (χ0v) is 17.7. The second-order valence-electron chi connectivity index (χ2n) is 7.34. The third-order valence-electron chi connectivity index (χ3n) is 5.18. The summed E-state index contributed by atoms with van der Waals surface area (Å²) in [5, 5.41) is 34.0. The van der Waals surface area contributed by atoms with Crippen molar-refractivity contribution in [2.45, 2.75) is 30.4 Å². The topological polar surface area (TPSA) is 169 Å². The van der Waals surface area contributed by atoms with E-state index in [-0.39, 0.29) is 6.61 Å². The molecule has 1 aromatic carbocycles. The lowest BCUT2D eigenvalue weighted by Crippen LogP contribution is -2.46. The zero-order valence-electron chi connectivity index (χ0n) is 16.9. The maximum atomic E-state index is 11.2. The summed E-state index contributed by atoms with van der Waals surface area (Å²) >= 11 is 1.40. The Hall–Kier alpha value is -2.95. The number of aliphatic carboxylic acids is 1. The van der Waals surface area contributed by atoms with E-state index in [1.54, 1.807) is 18.2 Å². The van der Waals surface area contributed by atoms with Gasteiger partial charge in [-0.2, -0.15) is 11.8 Å². The summed E-state index contributed by atoms with van der Waals surface area (Å²) < 4.78 is 7.04. The number of nitrogens with two attached hydrogens (primary N) is 1. The third-order valence-corrected chi connectivity index (χ3v) is 6.27. The Morgan fingerprint density at radius 2 is 2.28 bits per heavy atom. The van der Waals surface area contributed by atoms with Crippen LogP contribution in [0.25, 0.3) is 11.2 Å². The molecule has 1 aliphatic heterocycles. The van der Waals surface area contributed by atoms with Crippen molar-refractivity contribution in [2.75, 3.05) is 23.4 Å². The van der Waals surface area contributed by atoms with Gasteiger partial charge >= 0.3 is 5.97 Å². The van der Waals surface area contributed by atoms with E-state index in [0.29, 0.717) is 34.9 Å². The predicted molar refractivity (Wildman–Crippen MR) is 116 cm³/mol. The summed E-state index contributed by atoms with van der Waals surface area (Å²) in [6, 6.07) is 9.95. The summed E-state index contributed by atoms with van der Waals surface area (Å²) in [5.41, 5.74) is 5.22. The number of aliphatic hydroxyl groups is 2. The summed E-state index contributed by atoms with van der Waals surface area (Å²) in [6.07, 6.45) is 1.13. The summed E-state index contributed by atoms with van der Waals surface area (Å²) in [4.78, 5) is 23.6. The molecule has 0 spiro atoms. The second kappa shape index (κ2) is 9.27. The normalized spacial score (nSPS) is 23.7. The molecule has 0 radical (unpaired) electrons. The quantitative estimate of drug-likeness (QED) is 0.276. The first-order chi connectivity index (χ1) is 15.4. The van der Waals surface area contributed by atoms with Gasteiger partial charge in [0.05, 0.1) is 19.0 Å². The Bertz CT molecular complexity index is 1080. The van der Waals surface area contributed by atoms with Crippen molar-refractivity contribution in [3.05, 3.63) is 43.0 Å². The number of nitrogens with one attached hydrogen (secondary N) is 1. The molecule has 1 saturated heterocycles. The highest BCUT2D eigenvalue weighted by Gasteiger charge is 2.50. The average molecular weight is 459 g/mol. The Balaban J connectivity index is 1.48. The number of fused-ring (bicyclic) bond motifs is 1. The fourth-order valence-electron chi connectivity index (χ4n) is 3.36. The summed E-state index contributed by atoms with van der Waals surface area (Å²) in [6.45, 7) is -0.157. The average Bonchev–Trinajstić information content (AvgIpc) is 3.35. The van der Waals surface area contributed by atoms with Crippen molar-refractivity contribution in [3.63, 3.8) is 0 Å². The second-order valence-corrected chi connectivity index (χ2v) is 8.49. The van der Waals surface area contributed by atoms with Crippen molar-refractivity contribution in [1.29, 1.82) is 0 Å². The molecule has 4 atom stereocenters. The summed E-state index contributed by atoms with van der Waals surface area (Å²) in [5.74, 6) is 0.241. The number of carboxylic acid groups (broad SMARTS) is 1. The smallest absolute Gasteiger partial charge is 0.320 e. The fourth-order valence-corrected chi connectivity index (χ4v) is 4.46. The third kappa shape index (κ3) is 4.34. The zero-order chi connectivity index (χ0) is 22.7. The number of carbonyl (C=O) groups is 1. The minimum atomic E-state index is -1.77. The first-order valence-electron chi connectivity index (χ1n) is 9.81. The van der Waals surface area contributed by atoms with E-state index in [1.165, 1.54) is 29.0 Å². The molecule has 3 heterocycles. The Kier molecular flexibility index (Phi) is 6.45. The molecule has 0 saturated carbocycles. The largest absolute Gasteiger partial charge is 0.480 e. The molecule has 1 fully saturated rings. The molecule has 4 rings (SSSR count). The van der Waals surface area contributed by atoms with Crippen LogP contribution in [0.15, 0.2) is 30.9 Å². The van der Waals surface area contributed by atoms with Crippen molar-refractivity contribution in [1.82, 2.24) is 19.5 Å². The maximum absolute atomic E-state index is 11.2. The number of carboxylic acids is 1. The molecule has 4 unspecified atom stereocenters. The molecule has 2 aromatic heterocycles. The molecule has 3 aromatic rings. The number of nitrogens with zero attached hydrogens (tertiary/aromatic N) is 4. The monoisotopic (exact) mass is 458 g/mol. The first-order valence-corrected chi connectivity index (χ1v) is 11.0. The van der Waals surface area contributed by atoms with Crippen LogP contribution < -0.4 is 11.1 Å². The molecule has 0 amide bonds. The number of anilines is 2. The number of rotatable bonds is 9. The van der Waals surface area contributed by atoms with Gasteiger partial charge in [-0.1, -0.05) is 12.1 Å². The van der Waals surface area contributed by atoms with E-state index in [4.69, 9.17) is 15.6 Å². The van der Waals surface area contributed by atoms with Crippen LogP contribution >= 0.6 is 11.8 Å². The highest BCUT2D eigenvalue weighted by Crippen LogP contribution is 2.34. The molecule has 1 aliphatic rings. The van der Waals surface area contributed by atoms with E-state index >= 15 is 0 Å². The molecule has 11 nitrogen and oxygen atoms in total. The van der Waals surface area contributed by atoms with Gasteiger partial charge in [-0.15, -0.1) is 0 Å². The minimum absolute atomic E-state index is 0.157. The highest BCUT2D eigenvalue weighted by atomic mass is 32.2. The lowest BCUT2D eigenvalue weighted by atomic mass is 10.1. The molecule has 6 N–H and O–H groups in total. The fraction of sp³-hybridized carbons (Fsp3) is 0.400. The van der Waals surface area contributed by atoms with Crippen molar-refractivity contribution in [3.8, 4) is 0 Å². The van der Waals surface area contributed by atoms with Gasteiger partial charge in [-0.3, -0.25) is 9.36 Å². The summed E-state index contributed by atoms with van der Waals surface area (Å²) in [7, 11) is 0. The van der Waals surface area contributed by atoms with Gasteiger partial charge in [0, 0.05) is 17.5 Å². The van der Waals surface area contributed by atoms with Gasteiger partial charge in [0.2, 0.25) is 0 Å². The highest BCUT2D eigenvalue weighted by molar-refractivity contribution is 7.99. The van der Waals surface area contributed by atoms with E-state index in [9.17, 15) is 15.0 Å². The van der Waals surface area contributed by atoms with Crippen molar-refractivity contribution in [2.24, 2.45) is 5.73 Å². The van der Waals surface area contributed by atoms with E-state index in [1.807, 2.05) is 0 Å². The SMILES string of the molecule is NC(CCSCC1OCC(O)(n2cnc3c(Nc4cc#ccc4)ncnc32)C1O)C(=O)O. The van der Waals surface area contributed by atoms with Crippen LogP contribution in [-0.2, 0) is 15.3 Å². The molecular formula is C20H22N6O5S. The van der Waals surface area contributed by atoms with E-state index in [2.05, 4.69) is 32.4 Å². The number of ether oxygens (including phenoxy) is 1. The van der Waals surface area contributed by atoms with E-state index in [0.717, 1.165) is 5.69 Å². The van der Waals surface area contributed by atoms with E-state index < -0.39 is 29.9 Å². The molecule has 168 valence electrons. The van der Waals surface area contributed by atoms with Crippen LogP contribution in [0, 0.1) is 12.1 Å².